The molecule has 0 bridgehead atoms. The number of aliphatic imine (C=N–C) groups is 1. The fourth-order valence-electron chi connectivity index (χ4n) is 2.51. The molecule has 1 aliphatic heterocycles. The first-order valence-corrected chi connectivity index (χ1v) is 9.09. The van der Waals surface area contributed by atoms with Crippen molar-refractivity contribution in [2.45, 2.75) is 12.5 Å². The zero-order chi connectivity index (χ0) is 24.4. The molecule has 0 aliphatic carbocycles. The molecule has 0 unspecified atom stereocenters. The third-order valence-electron chi connectivity index (χ3n) is 3.86. The van der Waals surface area contributed by atoms with Crippen molar-refractivity contribution in [3.63, 3.8) is 0 Å². The number of hydrogen-bond donors (Lipinski definition) is 1. The number of carbonyl (C=O) groups is 1. The number of carbonyl (C=O) groups excluding carboxylic acids is 1. The van der Waals surface area contributed by atoms with Crippen molar-refractivity contribution in [3.05, 3.63) is 58.9 Å². The van der Waals surface area contributed by atoms with Gasteiger partial charge in [-0.05, 0) is 22.9 Å². The van der Waals surface area contributed by atoms with Gasteiger partial charge in [0, 0.05) is 24.4 Å². The van der Waals surface area contributed by atoms with E-state index in [-0.39, 0.29) is 18.0 Å². The zero-order valence-electron chi connectivity index (χ0n) is 16.0. The largest absolute Gasteiger partial charge is 0.573 e. The third kappa shape index (κ3) is 6.44. The molecule has 1 aromatic carbocycles. The SMILES string of the molecule is O=C(N=C1C=CC=[N+](O)C1)c1cnc(C(F)(F)F)cc1Oc1ccc(OC(F)(F)F)cc1Cl. The number of ether oxygens (including phenoxy) is 2. The lowest BCUT2D eigenvalue weighted by Crippen LogP contribution is -2.21. The first-order valence-electron chi connectivity index (χ1n) is 8.71. The number of hydroxylamine groups is 1. The molecule has 1 N–H and O–H groups in total. The van der Waals surface area contributed by atoms with Crippen LogP contribution in [0.2, 0.25) is 5.02 Å². The molecule has 7 nitrogen and oxygen atoms in total. The van der Waals surface area contributed by atoms with Gasteiger partial charge >= 0.3 is 12.5 Å². The van der Waals surface area contributed by atoms with Gasteiger partial charge in [0.05, 0.1) is 5.02 Å². The Morgan fingerprint density at radius 1 is 1.15 bits per heavy atom. The van der Waals surface area contributed by atoms with Gasteiger partial charge in [0.25, 0.3) is 5.91 Å². The van der Waals surface area contributed by atoms with E-state index in [1.807, 2.05) is 0 Å². The van der Waals surface area contributed by atoms with Crippen molar-refractivity contribution in [1.82, 2.24) is 4.98 Å². The quantitative estimate of drug-likeness (QED) is 0.364. The topological polar surface area (TPSA) is 84.0 Å². The molecule has 1 amide bonds. The second-order valence-corrected chi connectivity index (χ2v) is 6.73. The molecule has 2 aromatic rings. The summed E-state index contributed by atoms with van der Waals surface area (Å²) in [6, 6.07) is 2.89. The van der Waals surface area contributed by atoms with Gasteiger partial charge in [0.2, 0.25) is 12.8 Å². The minimum Gasteiger partial charge on any atom is -0.455 e. The van der Waals surface area contributed by atoms with Crippen molar-refractivity contribution >= 4 is 29.4 Å². The zero-order valence-corrected chi connectivity index (χ0v) is 16.7. The summed E-state index contributed by atoms with van der Waals surface area (Å²) < 4.78 is 86.1. The Labute approximate surface area is 185 Å². The number of halogens is 7. The molecule has 1 aromatic heterocycles. The van der Waals surface area contributed by atoms with Gasteiger partial charge < -0.3 is 9.47 Å². The average molecular weight is 495 g/mol. The van der Waals surface area contributed by atoms with E-state index in [9.17, 15) is 36.3 Å². The molecule has 0 atom stereocenters. The Bertz CT molecular complexity index is 1180. The fraction of sp³-hybridized carbons (Fsp3) is 0.158. The number of nitrogens with zero attached hydrogens (tertiary/aromatic N) is 3. The standard InChI is InChI=1S/C19H11ClF6N3O4/c20-13-6-11(33-19(24,25)26)3-4-14(13)32-15-7-16(18(21,22)23)27-8-12(15)17(30)28-10-2-1-5-29(31)9-10/h1-8,31H,9H2/q+1. The second-order valence-electron chi connectivity index (χ2n) is 6.32. The summed E-state index contributed by atoms with van der Waals surface area (Å²) in [6.07, 6.45) is -5.24. The number of rotatable bonds is 4. The molecule has 0 saturated carbocycles. The summed E-state index contributed by atoms with van der Waals surface area (Å²) in [5.41, 5.74) is -1.80. The number of allylic oxidation sites excluding steroid dienone is 1. The molecule has 0 radical (unpaired) electrons. The maximum atomic E-state index is 13.1. The predicted octanol–water partition coefficient (Wildman–Crippen LogP) is 5.07. The van der Waals surface area contributed by atoms with Crippen LogP contribution in [0.25, 0.3) is 0 Å². The van der Waals surface area contributed by atoms with Crippen molar-refractivity contribution < 1.29 is 50.6 Å². The Hall–Kier alpha value is -3.61. The lowest BCUT2D eigenvalue weighted by molar-refractivity contribution is -0.761. The van der Waals surface area contributed by atoms with Crippen molar-refractivity contribution in [2.75, 3.05) is 6.54 Å². The Morgan fingerprint density at radius 2 is 1.88 bits per heavy atom. The van der Waals surface area contributed by atoms with Gasteiger partial charge in [-0.15, -0.1) is 13.2 Å². The number of aromatic nitrogens is 1. The van der Waals surface area contributed by atoms with Crippen molar-refractivity contribution in [2.24, 2.45) is 4.99 Å². The predicted molar refractivity (Wildman–Crippen MR) is 101 cm³/mol. The van der Waals surface area contributed by atoms with E-state index >= 15 is 0 Å². The van der Waals surface area contributed by atoms with E-state index in [1.54, 1.807) is 0 Å². The highest BCUT2D eigenvalue weighted by Crippen LogP contribution is 2.37. The van der Waals surface area contributed by atoms with E-state index in [0.717, 1.165) is 22.9 Å². The molecule has 14 heteroatoms. The molecule has 1 aliphatic rings. The summed E-state index contributed by atoms with van der Waals surface area (Å²) in [5, 5.41) is 9.00. The lowest BCUT2D eigenvalue weighted by Gasteiger charge is -2.14. The third-order valence-corrected chi connectivity index (χ3v) is 4.15. The van der Waals surface area contributed by atoms with Crippen LogP contribution in [-0.4, -0.2) is 45.7 Å². The maximum absolute atomic E-state index is 13.1. The lowest BCUT2D eigenvalue weighted by atomic mass is 10.2. The van der Waals surface area contributed by atoms with Gasteiger partial charge in [0.15, 0.2) is 0 Å². The Morgan fingerprint density at radius 3 is 2.48 bits per heavy atom. The van der Waals surface area contributed by atoms with Gasteiger partial charge in [-0.1, -0.05) is 11.6 Å². The van der Waals surface area contributed by atoms with E-state index in [2.05, 4.69) is 14.7 Å². The highest BCUT2D eigenvalue weighted by molar-refractivity contribution is 6.32. The number of amides is 1. The first kappa shape index (κ1) is 24.0. The fourth-order valence-corrected chi connectivity index (χ4v) is 2.71. The molecule has 0 fully saturated rings. The minimum atomic E-state index is -4.99. The molecular formula is C19H11ClF6N3O4+. The number of alkyl halides is 6. The van der Waals surface area contributed by atoms with Crippen LogP contribution in [0.1, 0.15) is 16.1 Å². The highest BCUT2D eigenvalue weighted by atomic mass is 35.5. The normalized spacial score (nSPS) is 15.4. The first-order chi connectivity index (χ1) is 15.3. The molecule has 174 valence electrons. The van der Waals surface area contributed by atoms with Crippen molar-refractivity contribution in [3.8, 4) is 17.2 Å². The monoisotopic (exact) mass is 494 g/mol. The summed E-state index contributed by atoms with van der Waals surface area (Å²) >= 11 is 5.87. The second kappa shape index (κ2) is 9.10. The minimum absolute atomic E-state index is 0.0857. The molecule has 2 heterocycles. The van der Waals surface area contributed by atoms with Gasteiger partial charge in [-0.3, -0.25) is 15.0 Å². The van der Waals surface area contributed by atoms with Crippen LogP contribution in [0.4, 0.5) is 26.3 Å². The van der Waals surface area contributed by atoms with Crippen LogP contribution in [0.3, 0.4) is 0 Å². The van der Waals surface area contributed by atoms with E-state index in [1.165, 1.54) is 18.4 Å². The van der Waals surface area contributed by atoms with Crippen LogP contribution in [0, 0.1) is 0 Å². The molecular weight excluding hydrogens is 484 g/mol. The Balaban J connectivity index is 1.97. The smallest absolute Gasteiger partial charge is 0.455 e. The highest BCUT2D eigenvalue weighted by Gasteiger charge is 2.34. The number of benzene rings is 1. The van der Waals surface area contributed by atoms with Gasteiger partial charge in [0.1, 0.15) is 34.2 Å². The Kier molecular flexibility index (Phi) is 6.63. The molecule has 0 saturated heterocycles. The molecule has 33 heavy (non-hydrogen) atoms. The average Bonchev–Trinajstić information content (AvgIpc) is 2.68. The van der Waals surface area contributed by atoms with Gasteiger partial charge in [-0.25, -0.2) is 4.99 Å². The number of hydrogen-bond acceptors (Lipinski definition) is 5. The van der Waals surface area contributed by atoms with Crippen LogP contribution in [-0.2, 0) is 6.18 Å². The molecule has 0 spiro atoms. The summed E-state index contributed by atoms with van der Waals surface area (Å²) in [5.74, 6) is -2.75. The maximum Gasteiger partial charge on any atom is 0.573 e. The molecule has 3 rings (SSSR count). The number of pyridine rings is 1. The van der Waals surface area contributed by atoms with E-state index < -0.39 is 46.2 Å². The van der Waals surface area contributed by atoms with E-state index in [0.29, 0.717) is 12.3 Å². The van der Waals surface area contributed by atoms with Crippen molar-refractivity contribution in [1.29, 1.82) is 0 Å². The van der Waals surface area contributed by atoms with Crippen LogP contribution < -0.4 is 9.47 Å². The van der Waals surface area contributed by atoms with E-state index in [4.69, 9.17) is 16.3 Å². The summed E-state index contributed by atoms with van der Waals surface area (Å²) in [4.78, 5) is 19.5. The van der Waals surface area contributed by atoms with Crippen LogP contribution in [0.5, 0.6) is 17.2 Å². The summed E-state index contributed by atoms with van der Waals surface area (Å²) in [7, 11) is 0. The van der Waals surface area contributed by atoms with Gasteiger partial charge in [-0.2, -0.15) is 13.2 Å². The van der Waals surface area contributed by atoms with Crippen LogP contribution >= 0.6 is 11.6 Å². The van der Waals surface area contributed by atoms with Crippen LogP contribution in [0.15, 0.2) is 47.6 Å². The summed E-state index contributed by atoms with van der Waals surface area (Å²) in [6.45, 7) is -0.168.